The van der Waals surface area contributed by atoms with Crippen molar-refractivity contribution >= 4 is 31.9 Å². The van der Waals surface area contributed by atoms with Crippen LogP contribution in [0.3, 0.4) is 0 Å². The Labute approximate surface area is 242 Å². The molecule has 0 radical (unpaired) electrons. The first-order valence-corrected chi connectivity index (χ1v) is 18.6. The molecule has 40 heavy (non-hydrogen) atoms. The average molecular weight is 599 g/mol. The monoisotopic (exact) mass is 598 g/mol. The van der Waals surface area contributed by atoms with Crippen molar-refractivity contribution in [2.75, 3.05) is 11.5 Å². The molecule has 0 aromatic carbocycles. The first-order chi connectivity index (χ1) is 18.2. The minimum Gasteiger partial charge on any atom is -0.274 e. The lowest BCUT2D eigenvalue weighted by molar-refractivity contribution is -0.130. The molecule has 6 aliphatic rings. The Hall–Kier alpha value is -1.16. The van der Waals surface area contributed by atoms with E-state index >= 15 is 0 Å². The lowest BCUT2D eigenvalue weighted by Gasteiger charge is -2.37. The molecular formula is C30H50N2O6S2. The van der Waals surface area contributed by atoms with Gasteiger partial charge < -0.3 is 0 Å². The molecular weight excluding hydrogens is 548 g/mol. The number of nitrogens with zero attached hydrogens (tertiary/aromatic N) is 2. The van der Waals surface area contributed by atoms with Crippen molar-refractivity contribution in [2.45, 2.75) is 119 Å². The van der Waals surface area contributed by atoms with E-state index in [0.717, 1.165) is 38.5 Å². The molecule has 8 nitrogen and oxygen atoms in total. The third-order valence-corrected chi connectivity index (χ3v) is 16.4. The molecule has 0 aromatic rings. The third kappa shape index (κ3) is 3.99. The van der Waals surface area contributed by atoms with Crippen LogP contribution in [0.15, 0.2) is 0 Å². The summed E-state index contributed by atoms with van der Waals surface area (Å²) in [5.41, 5.74) is -0.304. The quantitative estimate of drug-likeness (QED) is 0.460. The molecule has 2 spiro atoms. The third-order valence-electron chi connectivity index (χ3n) is 12.5. The summed E-state index contributed by atoms with van der Waals surface area (Å²) >= 11 is 0. The van der Waals surface area contributed by atoms with Gasteiger partial charge in [0.2, 0.25) is 31.9 Å². The van der Waals surface area contributed by atoms with E-state index in [4.69, 9.17) is 0 Å². The topological polar surface area (TPSA) is 109 Å². The summed E-state index contributed by atoms with van der Waals surface area (Å²) in [7, 11) is -6.84. The van der Waals surface area contributed by atoms with Crippen LogP contribution in [0.2, 0.25) is 0 Å². The van der Waals surface area contributed by atoms with Gasteiger partial charge in [-0.1, -0.05) is 55.4 Å². The second kappa shape index (κ2) is 9.17. The number of rotatable bonds is 4. The van der Waals surface area contributed by atoms with E-state index in [1.807, 2.05) is 27.7 Å². The second-order valence-electron chi connectivity index (χ2n) is 15.8. The molecule has 2 amide bonds. The number of carbonyl (C=O) groups excluding carboxylic acids is 2. The van der Waals surface area contributed by atoms with Crippen molar-refractivity contribution in [3.05, 3.63) is 0 Å². The Kier molecular flexibility index (Phi) is 6.95. The van der Waals surface area contributed by atoms with Crippen LogP contribution in [0.5, 0.6) is 0 Å². The van der Waals surface area contributed by atoms with Crippen molar-refractivity contribution in [1.82, 2.24) is 8.61 Å². The van der Waals surface area contributed by atoms with E-state index in [-0.39, 0.29) is 68.9 Å². The summed E-state index contributed by atoms with van der Waals surface area (Å²) in [5.74, 6) is 1.50. The molecule has 2 heterocycles. The molecule has 6 rings (SSSR count). The van der Waals surface area contributed by atoms with Crippen LogP contribution < -0.4 is 0 Å². The van der Waals surface area contributed by atoms with Crippen molar-refractivity contribution in [1.29, 1.82) is 0 Å². The van der Waals surface area contributed by atoms with Gasteiger partial charge in [-0.15, -0.1) is 0 Å². The van der Waals surface area contributed by atoms with Gasteiger partial charge in [0, 0.05) is 23.7 Å². The molecule has 10 heteroatoms. The first kappa shape index (κ1) is 30.3. The highest BCUT2D eigenvalue weighted by atomic mass is 32.2. The van der Waals surface area contributed by atoms with Crippen LogP contribution >= 0.6 is 0 Å². The van der Waals surface area contributed by atoms with Gasteiger partial charge in [-0.25, -0.2) is 25.4 Å². The highest BCUT2D eigenvalue weighted by Crippen LogP contribution is 2.71. The number of carbonyl (C=O) groups is 2. The summed E-state index contributed by atoms with van der Waals surface area (Å²) in [5, 5.41) is 0. The lowest BCUT2D eigenvalue weighted by atomic mass is 9.69. The van der Waals surface area contributed by atoms with Gasteiger partial charge in [0.25, 0.3) is 0 Å². The summed E-state index contributed by atoms with van der Waals surface area (Å²) < 4.78 is 52.9. The number of hydrogen-bond donors (Lipinski definition) is 0. The van der Waals surface area contributed by atoms with Crippen molar-refractivity contribution in [3.63, 3.8) is 0 Å². The van der Waals surface area contributed by atoms with E-state index < -0.39 is 20.0 Å². The molecule has 4 aliphatic carbocycles. The predicted molar refractivity (Wildman–Crippen MR) is 155 cm³/mol. The van der Waals surface area contributed by atoms with Crippen LogP contribution in [-0.2, 0) is 29.6 Å². The fourth-order valence-corrected chi connectivity index (χ4v) is 15.2. The van der Waals surface area contributed by atoms with E-state index in [1.54, 1.807) is 0 Å². The summed E-state index contributed by atoms with van der Waals surface area (Å²) in [6, 6.07) is -0.153. The molecule has 2 aliphatic heterocycles. The standard InChI is InChI=1S/2C15H25NO3S/c2*1-10(2)7-13(17)16-12-8-11-5-6-15(12,14(11,3)4)9-20(16,18)19/h2*10-12H,5-9H2,1-4H3/t2*11-,12-,15-/m00/s1. The van der Waals surface area contributed by atoms with Crippen LogP contribution in [0.4, 0.5) is 0 Å². The van der Waals surface area contributed by atoms with Crippen LogP contribution in [0.25, 0.3) is 0 Å². The smallest absolute Gasteiger partial charge is 0.238 e. The zero-order chi connectivity index (χ0) is 29.8. The Bertz CT molecular complexity index is 1200. The Morgan fingerprint density at radius 2 is 1.00 bits per heavy atom. The Morgan fingerprint density at radius 1 is 0.675 bits per heavy atom. The van der Waals surface area contributed by atoms with Crippen molar-refractivity contribution in [3.8, 4) is 0 Å². The SMILES string of the molecule is CC(C)CC(=O)N1[C@H]2C[C@@H]3CC[C@@]2(CS1(=O)=O)C3(C)C.CC(C)CC(=O)N1[C@H]2C[C@@H]3CC[C@@]2(CS1(=O)=O)C3(C)C. The van der Waals surface area contributed by atoms with Crippen molar-refractivity contribution in [2.24, 2.45) is 45.3 Å². The molecule has 6 atom stereocenters. The number of hydrogen-bond acceptors (Lipinski definition) is 6. The molecule has 0 aromatic heterocycles. The maximum atomic E-state index is 12.6. The fourth-order valence-electron chi connectivity index (χ4n) is 10.1. The van der Waals surface area contributed by atoms with Gasteiger partial charge in [-0.2, -0.15) is 0 Å². The molecule has 6 fully saturated rings. The van der Waals surface area contributed by atoms with Gasteiger partial charge in [0.05, 0.1) is 23.6 Å². The maximum Gasteiger partial charge on any atom is 0.238 e. The van der Waals surface area contributed by atoms with Crippen LogP contribution in [0.1, 0.15) is 107 Å². The minimum absolute atomic E-state index is 0.0393. The zero-order valence-corrected chi connectivity index (χ0v) is 27.3. The van der Waals surface area contributed by atoms with Crippen LogP contribution in [0, 0.1) is 45.3 Å². The first-order valence-electron chi connectivity index (χ1n) is 15.3. The Morgan fingerprint density at radius 3 is 1.27 bits per heavy atom. The zero-order valence-electron chi connectivity index (χ0n) is 25.7. The predicted octanol–water partition coefficient (Wildman–Crippen LogP) is 4.80. The fraction of sp³-hybridized carbons (Fsp3) is 0.933. The molecule has 0 unspecified atom stereocenters. The van der Waals surface area contributed by atoms with Crippen molar-refractivity contribution < 1.29 is 26.4 Å². The maximum absolute atomic E-state index is 12.6. The highest BCUT2D eigenvalue weighted by Gasteiger charge is 2.73. The normalized spacial score (nSPS) is 40.4. The molecule has 228 valence electrons. The van der Waals surface area contributed by atoms with Gasteiger partial charge in [0.1, 0.15) is 0 Å². The molecule has 4 bridgehead atoms. The molecule has 4 saturated carbocycles. The lowest BCUT2D eigenvalue weighted by Crippen LogP contribution is -2.44. The van der Waals surface area contributed by atoms with Gasteiger partial charge in [-0.05, 0) is 73.0 Å². The molecule has 0 N–H and O–H groups in total. The highest BCUT2D eigenvalue weighted by molar-refractivity contribution is 7.90. The van der Waals surface area contributed by atoms with E-state index in [9.17, 15) is 26.4 Å². The number of sulfonamides is 2. The van der Waals surface area contributed by atoms with Gasteiger partial charge in [0.15, 0.2) is 0 Å². The number of fused-ring (bicyclic) bond motifs is 2. The van der Waals surface area contributed by atoms with E-state index in [1.165, 1.54) is 8.61 Å². The van der Waals surface area contributed by atoms with Crippen LogP contribution in [-0.4, -0.2) is 60.8 Å². The summed E-state index contributed by atoms with van der Waals surface area (Å²) in [4.78, 5) is 24.9. The van der Waals surface area contributed by atoms with Gasteiger partial charge >= 0.3 is 0 Å². The Balaban J connectivity index is 0.000000161. The van der Waals surface area contributed by atoms with E-state index in [2.05, 4.69) is 27.7 Å². The summed E-state index contributed by atoms with van der Waals surface area (Å²) in [6.07, 6.45) is 6.55. The largest absolute Gasteiger partial charge is 0.274 e. The van der Waals surface area contributed by atoms with Gasteiger partial charge in [-0.3, -0.25) is 9.59 Å². The molecule has 2 saturated heterocycles. The van der Waals surface area contributed by atoms with E-state index in [0.29, 0.717) is 24.7 Å². The minimum atomic E-state index is -3.42. The second-order valence-corrected chi connectivity index (χ2v) is 19.5. The number of amides is 2. The average Bonchev–Trinajstić information content (AvgIpc) is 3.47. The summed E-state index contributed by atoms with van der Waals surface area (Å²) in [6.45, 7) is 16.7.